The molecule has 1 N–H and O–H groups in total. The van der Waals surface area contributed by atoms with E-state index in [9.17, 15) is 27.6 Å². The molecule has 146 valence electrons. The molecule has 0 bridgehead atoms. The van der Waals surface area contributed by atoms with Gasteiger partial charge in [0.25, 0.3) is 5.56 Å². The van der Waals surface area contributed by atoms with Crippen LogP contribution in [0.15, 0.2) is 20.7 Å². The molecule has 12 heteroatoms. The number of aromatic amines is 1. The summed E-state index contributed by atoms with van der Waals surface area (Å²) in [6, 6.07) is 0. The van der Waals surface area contributed by atoms with Gasteiger partial charge in [-0.3, -0.25) is 18.9 Å². The van der Waals surface area contributed by atoms with E-state index in [0.29, 0.717) is 10.4 Å². The van der Waals surface area contributed by atoms with E-state index in [1.54, 1.807) is 13.8 Å². The molecule has 0 spiro atoms. The van der Waals surface area contributed by atoms with Gasteiger partial charge in [-0.15, -0.1) is 11.3 Å². The van der Waals surface area contributed by atoms with E-state index >= 15 is 0 Å². The highest BCUT2D eigenvalue weighted by molar-refractivity contribution is 7.18. The molecule has 0 amide bonds. The first-order chi connectivity index (χ1) is 12.6. The zero-order chi connectivity index (χ0) is 19.9. The maximum Gasteiger partial charge on any atom is 0.390 e. The van der Waals surface area contributed by atoms with Crippen LogP contribution >= 0.6 is 11.3 Å². The smallest absolute Gasteiger partial charge is 0.295 e. The predicted octanol–water partition coefficient (Wildman–Crippen LogP) is 1.44. The Morgan fingerprint density at radius 3 is 2.48 bits per heavy atom. The molecule has 3 rings (SSSR count). The lowest BCUT2D eigenvalue weighted by molar-refractivity contribution is -0.136. The van der Waals surface area contributed by atoms with Crippen LogP contribution in [0.3, 0.4) is 0 Å². The number of fused-ring (bicyclic) bond motifs is 1. The van der Waals surface area contributed by atoms with Crippen LogP contribution in [0, 0.1) is 6.92 Å². The van der Waals surface area contributed by atoms with Crippen molar-refractivity contribution in [3.8, 4) is 0 Å². The zero-order valence-electron chi connectivity index (χ0n) is 14.5. The van der Waals surface area contributed by atoms with Crippen molar-refractivity contribution in [1.29, 1.82) is 0 Å². The fourth-order valence-corrected chi connectivity index (χ4v) is 4.13. The van der Waals surface area contributed by atoms with Gasteiger partial charge in [-0.2, -0.15) is 18.3 Å². The van der Waals surface area contributed by atoms with Crippen LogP contribution < -0.4 is 16.9 Å². The Bertz CT molecular complexity index is 1160. The lowest BCUT2D eigenvalue weighted by Gasteiger charge is -2.12. The van der Waals surface area contributed by atoms with Crippen LogP contribution in [0.1, 0.15) is 23.8 Å². The second-order valence-electron chi connectivity index (χ2n) is 5.93. The Hall–Kier alpha value is -2.63. The molecular formula is C15H16F3N5O3S. The number of halogens is 3. The number of H-pyrrole nitrogens is 1. The molecule has 0 radical (unpaired) electrons. The zero-order valence-corrected chi connectivity index (χ0v) is 15.3. The number of nitrogens with zero attached hydrogens (tertiary/aromatic N) is 4. The van der Waals surface area contributed by atoms with Gasteiger partial charge >= 0.3 is 17.6 Å². The SMILES string of the molecule is CCn1c(=O)c2c(C)c(Cn3nc[nH]c3=O)sc2n(CCC(F)(F)F)c1=O. The van der Waals surface area contributed by atoms with Crippen molar-refractivity contribution >= 4 is 21.6 Å². The third kappa shape index (κ3) is 3.48. The molecule has 3 aromatic rings. The van der Waals surface area contributed by atoms with Gasteiger partial charge in [0.05, 0.1) is 18.4 Å². The van der Waals surface area contributed by atoms with Crippen LogP contribution in [0.4, 0.5) is 13.2 Å². The second kappa shape index (κ2) is 6.83. The summed E-state index contributed by atoms with van der Waals surface area (Å²) in [4.78, 5) is 40.0. The minimum atomic E-state index is -4.43. The van der Waals surface area contributed by atoms with Crippen molar-refractivity contribution in [2.45, 2.75) is 46.1 Å². The van der Waals surface area contributed by atoms with Crippen LogP contribution in [0.5, 0.6) is 0 Å². The molecule has 0 saturated carbocycles. The molecule has 0 aliphatic carbocycles. The lowest BCUT2D eigenvalue weighted by Crippen LogP contribution is -2.39. The minimum absolute atomic E-state index is 0.0447. The molecule has 3 aromatic heterocycles. The van der Waals surface area contributed by atoms with Crippen molar-refractivity contribution in [2.24, 2.45) is 0 Å². The van der Waals surface area contributed by atoms with Gasteiger partial charge in [0.2, 0.25) is 0 Å². The number of hydrogen-bond acceptors (Lipinski definition) is 5. The average molecular weight is 403 g/mol. The van der Waals surface area contributed by atoms with Crippen molar-refractivity contribution < 1.29 is 13.2 Å². The van der Waals surface area contributed by atoms with Gasteiger partial charge in [-0.25, -0.2) is 14.3 Å². The Balaban J connectivity index is 2.23. The van der Waals surface area contributed by atoms with Gasteiger partial charge < -0.3 is 0 Å². The van der Waals surface area contributed by atoms with E-state index in [4.69, 9.17) is 0 Å². The highest BCUT2D eigenvalue weighted by atomic mass is 32.1. The number of hydrogen-bond donors (Lipinski definition) is 1. The first-order valence-corrected chi connectivity index (χ1v) is 8.88. The molecule has 0 fully saturated rings. The van der Waals surface area contributed by atoms with E-state index in [1.807, 2.05) is 0 Å². The number of aryl methyl sites for hydroxylation is 2. The van der Waals surface area contributed by atoms with Gasteiger partial charge in [0.15, 0.2) is 0 Å². The first kappa shape index (κ1) is 19.1. The molecule has 0 aromatic carbocycles. The third-order valence-electron chi connectivity index (χ3n) is 4.24. The van der Waals surface area contributed by atoms with Crippen molar-refractivity contribution in [2.75, 3.05) is 0 Å². The summed E-state index contributed by atoms with van der Waals surface area (Å²) in [6.45, 7) is 2.73. The molecule has 0 saturated heterocycles. The molecular weight excluding hydrogens is 387 g/mol. The lowest BCUT2D eigenvalue weighted by atomic mass is 10.2. The van der Waals surface area contributed by atoms with Gasteiger partial charge in [0, 0.05) is 18.0 Å². The summed E-state index contributed by atoms with van der Waals surface area (Å²) < 4.78 is 41.1. The Kier molecular flexibility index (Phi) is 4.84. The van der Waals surface area contributed by atoms with Crippen LogP contribution in [0.25, 0.3) is 10.2 Å². The fraction of sp³-hybridized carbons (Fsp3) is 0.467. The van der Waals surface area contributed by atoms with Crippen LogP contribution in [-0.4, -0.2) is 30.1 Å². The molecule has 27 heavy (non-hydrogen) atoms. The summed E-state index contributed by atoms with van der Waals surface area (Å²) in [5, 5.41) is 4.04. The Morgan fingerprint density at radius 1 is 1.22 bits per heavy atom. The number of aromatic nitrogens is 5. The monoisotopic (exact) mass is 403 g/mol. The highest BCUT2D eigenvalue weighted by Gasteiger charge is 2.28. The fourth-order valence-electron chi connectivity index (χ4n) is 2.84. The number of rotatable bonds is 5. The van der Waals surface area contributed by atoms with E-state index in [2.05, 4.69) is 10.1 Å². The Morgan fingerprint density at radius 2 is 1.93 bits per heavy atom. The summed E-state index contributed by atoms with van der Waals surface area (Å²) in [6.07, 6.45) is -4.40. The Labute approximate surface area is 153 Å². The van der Waals surface area contributed by atoms with E-state index in [1.165, 1.54) is 6.33 Å². The summed E-state index contributed by atoms with van der Waals surface area (Å²) in [5.41, 5.74) is -1.25. The van der Waals surface area contributed by atoms with Gasteiger partial charge in [-0.1, -0.05) is 0 Å². The maximum absolute atomic E-state index is 12.7. The predicted molar refractivity (Wildman–Crippen MR) is 93.4 cm³/mol. The molecule has 8 nitrogen and oxygen atoms in total. The third-order valence-corrected chi connectivity index (χ3v) is 5.54. The summed E-state index contributed by atoms with van der Waals surface area (Å²) >= 11 is 1.02. The quantitative estimate of drug-likeness (QED) is 0.698. The molecule has 0 atom stereocenters. The van der Waals surface area contributed by atoms with Crippen molar-refractivity contribution in [1.82, 2.24) is 23.9 Å². The number of alkyl halides is 3. The number of nitrogens with one attached hydrogen (secondary N) is 1. The average Bonchev–Trinajstić information content (AvgIpc) is 3.11. The summed E-state index contributed by atoms with van der Waals surface area (Å²) in [5.74, 6) is 0. The maximum atomic E-state index is 12.7. The molecule has 3 heterocycles. The summed E-state index contributed by atoms with van der Waals surface area (Å²) in [7, 11) is 0. The molecule has 0 aliphatic heterocycles. The van der Waals surface area contributed by atoms with E-state index < -0.39 is 36.1 Å². The van der Waals surface area contributed by atoms with Gasteiger partial charge in [-0.05, 0) is 19.4 Å². The topological polar surface area (TPSA) is 94.7 Å². The van der Waals surface area contributed by atoms with Crippen LogP contribution in [-0.2, 0) is 19.6 Å². The van der Waals surface area contributed by atoms with E-state index in [-0.39, 0.29) is 23.3 Å². The van der Waals surface area contributed by atoms with Crippen molar-refractivity contribution in [3.05, 3.63) is 48.1 Å². The normalized spacial score (nSPS) is 12.2. The standard InChI is InChI=1S/C15H16F3N5O3S/c1-3-21-11(24)10-8(2)9(6-23-13(25)19-7-20-23)27-12(10)22(14(21)26)5-4-15(16,17)18/h7H,3-6H2,1-2H3,(H,19,20,25). The number of thiophene rings is 1. The first-order valence-electron chi connectivity index (χ1n) is 8.07. The molecule has 0 unspecified atom stereocenters. The molecule has 0 aliphatic rings. The highest BCUT2D eigenvalue weighted by Crippen LogP contribution is 2.29. The minimum Gasteiger partial charge on any atom is -0.295 e. The largest absolute Gasteiger partial charge is 0.390 e. The van der Waals surface area contributed by atoms with Crippen molar-refractivity contribution in [3.63, 3.8) is 0 Å². The van der Waals surface area contributed by atoms with Gasteiger partial charge in [0.1, 0.15) is 11.2 Å². The van der Waals surface area contributed by atoms with E-state index in [0.717, 1.165) is 25.2 Å². The van der Waals surface area contributed by atoms with Crippen LogP contribution in [0.2, 0.25) is 0 Å². The second-order valence-corrected chi connectivity index (χ2v) is 7.01.